The lowest BCUT2D eigenvalue weighted by molar-refractivity contribution is 0.0954. The predicted molar refractivity (Wildman–Crippen MR) is 94.9 cm³/mol. The summed E-state index contributed by atoms with van der Waals surface area (Å²) in [5.41, 5.74) is 2.92. The highest BCUT2D eigenvalue weighted by atomic mass is 32.1. The van der Waals surface area contributed by atoms with Crippen molar-refractivity contribution in [2.45, 2.75) is 19.6 Å². The minimum atomic E-state index is -0.139. The Morgan fingerprint density at radius 2 is 1.75 bits per heavy atom. The Kier molecular flexibility index (Phi) is 5.36. The average molecular weight is 338 g/mol. The molecule has 0 saturated heterocycles. The summed E-state index contributed by atoms with van der Waals surface area (Å²) < 4.78 is 0. The molecule has 1 heterocycles. The van der Waals surface area contributed by atoms with Crippen molar-refractivity contribution in [1.82, 2.24) is 10.3 Å². The molecular formula is C19H18N2O2S. The van der Waals surface area contributed by atoms with Crippen LogP contribution in [0.1, 0.15) is 31.4 Å². The van der Waals surface area contributed by atoms with Crippen molar-refractivity contribution in [3.05, 3.63) is 87.4 Å². The Bertz CT molecular complexity index is 815. The van der Waals surface area contributed by atoms with E-state index in [1.54, 1.807) is 6.20 Å². The highest BCUT2D eigenvalue weighted by Gasteiger charge is 2.11. The highest BCUT2D eigenvalue weighted by molar-refractivity contribution is 7.13. The minimum Gasteiger partial charge on any atom is -0.392 e. The third kappa shape index (κ3) is 4.07. The maximum Gasteiger partial charge on any atom is 0.263 e. The van der Waals surface area contributed by atoms with Gasteiger partial charge in [0.1, 0.15) is 4.88 Å². The van der Waals surface area contributed by atoms with E-state index >= 15 is 0 Å². The van der Waals surface area contributed by atoms with Crippen LogP contribution in [0, 0.1) is 0 Å². The summed E-state index contributed by atoms with van der Waals surface area (Å²) in [4.78, 5) is 17.2. The molecule has 24 heavy (non-hydrogen) atoms. The molecule has 0 atom stereocenters. The molecule has 0 aliphatic heterocycles. The van der Waals surface area contributed by atoms with Gasteiger partial charge in [-0.2, -0.15) is 0 Å². The summed E-state index contributed by atoms with van der Waals surface area (Å²) in [6.07, 6.45) is 2.35. The van der Waals surface area contributed by atoms with Crippen LogP contribution in [0.15, 0.2) is 60.8 Å². The maximum absolute atomic E-state index is 12.3. The van der Waals surface area contributed by atoms with E-state index in [1.165, 1.54) is 16.9 Å². The van der Waals surface area contributed by atoms with Crippen LogP contribution in [0.25, 0.3) is 0 Å². The van der Waals surface area contributed by atoms with Crippen LogP contribution >= 0.6 is 11.3 Å². The van der Waals surface area contributed by atoms with Gasteiger partial charge in [0, 0.05) is 13.0 Å². The summed E-state index contributed by atoms with van der Waals surface area (Å²) in [7, 11) is 0. The van der Waals surface area contributed by atoms with Crippen LogP contribution in [0.4, 0.5) is 0 Å². The monoisotopic (exact) mass is 338 g/mol. The molecule has 0 unspecified atom stereocenters. The van der Waals surface area contributed by atoms with E-state index in [1.807, 2.05) is 54.6 Å². The van der Waals surface area contributed by atoms with Crippen molar-refractivity contribution in [2.75, 3.05) is 0 Å². The van der Waals surface area contributed by atoms with Crippen LogP contribution in [0.3, 0.4) is 0 Å². The van der Waals surface area contributed by atoms with Crippen molar-refractivity contribution >= 4 is 17.2 Å². The molecule has 3 aromatic rings. The standard InChI is InChI=1S/C19H18N2O2S/c22-13-16-9-5-4-8-15(16)11-21-19(23)17-12-20-18(24-17)10-14-6-2-1-3-7-14/h1-9,12,22H,10-11,13H2,(H,21,23). The van der Waals surface area contributed by atoms with Crippen LogP contribution in [-0.2, 0) is 19.6 Å². The molecule has 3 rings (SSSR count). The van der Waals surface area contributed by atoms with Gasteiger partial charge in [0.2, 0.25) is 0 Å². The van der Waals surface area contributed by atoms with E-state index in [9.17, 15) is 9.90 Å². The zero-order chi connectivity index (χ0) is 16.8. The van der Waals surface area contributed by atoms with E-state index in [2.05, 4.69) is 10.3 Å². The zero-order valence-electron chi connectivity index (χ0n) is 13.1. The van der Waals surface area contributed by atoms with E-state index in [0.717, 1.165) is 22.6 Å². The van der Waals surface area contributed by atoms with Gasteiger partial charge in [-0.05, 0) is 16.7 Å². The second-order valence-electron chi connectivity index (χ2n) is 5.39. The van der Waals surface area contributed by atoms with Gasteiger partial charge in [0.15, 0.2) is 0 Å². The van der Waals surface area contributed by atoms with Crippen LogP contribution in [0.5, 0.6) is 0 Å². The fourth-order valence-corrected chi connectivity index (χ4v) is 3.28. The summed E-state index contributed by atoms with van der Waals surface area (Å²) >= 11 is 1.41. The van der Waals surface area contributed by atoms with Gasteiger partial charge >= 0.3 is 0 Å². The normalized spacial score (nSPS) is 10.5. The molecule has 4 nitrogen and oxygen atoms in total. The molecule has 2 N–H and O–H groups in total. The van der Waals surface area contributed by atoms with Crippen LogP contribution < -0.4 is 5.32 Å². The molecule has 1 amide bonds. The molecule has 0 radical (unpaired) electrons. The van der Waals surface area contributed by atoms with E-state index in [-0.39, 0.29) is 12.5 Å². The largest absolute Gasteiger partial charge is 0.392 e. The Morgan fingerprint density at radius 1 is 1.04 bits per heavy atom. The SMILES string of the molecule is O=C(NCc1ccccc1CO)c1cnc(Cc2ccccc2)s1. The van der Waals surface area contributed by atoms with E-state index in [4.69, 9.17) is 0 Å². The second-order valence-corrected chi connectivity index (χ2v) is 6.51. The Hall–Kier alpha value is -2.50. The van der Waals surface area contributed by atoms with Gasteiger partial charge in [-0.25, -0.2) is 4.98 Å². The summed E-state index contributed by atoms with van der Waals surface area (Å²) in [5, 5.41) is 13.1. The number of hydrogen-bond donors (Lipinski definition) is 2. The van der Waals surface area contributed by atoms with Gasteiger partial charge in [0.25, 0.3) is 5.91 Å². The van der Waals surface area contributed by atoms with Gasteiger partial charge in [-0.3, -0.25) is 4.79 Å². The van der Waals surface area contributed by atoms with Crippen molar-refractivity contribution < 1.29 is 9.90 Å². The molecule has 122 valence electrons. The molecule has 0 spiro atoms. The van der Waals surface area contributed by atoms with Crippen LogP contribution in [-0.4, -0.2) is 16.0 Å². The number of nitrogens with one attached hydrogen (secondary N) is 1. The zero-order valence-corrected chi connectivity index (χ0v) is 13.9. The molecular weight excluding hydrogens is 320 g/mol. The number of carbonyl (C=O) groups is 1. The first-order valence-electron chi connectivity index (χ1n) is 7.70. The van der Waals surface area contributed by atoms with Gasteiger partial charge in [-0.15, -0.1) is 11.3 Å². The number of nitrogens with zero attached hydrogens (tertiary/aromatic N) is 1. The summed E-state index contributed by atoms with van der Waals surface area (Å²) in [6, 6.07) is 17.6. The lowest BCUT2D eigenvalue weighted by Gasteiger charge is -2.07. The quantitative estimate of drug-likeness (QED) is 0.726. The first kappa shape index (κ1) is 16.4. The third-order valence-electron chi connectivity index (χ3n) is 3.70. The predicted octanol–water partition coefficient (Wildman–Crippen LogP) is 3.16. The number of thiazole rings is 1. The number of aliphatic hydroxyl groups excluding tert-OH is 1. The highest BCUT2D eigenvalue weighted by Crippen LogP contribution is 2.17. The molecule has 2 aromatic carbocycles. The average Bonchev–Trinajstić information content (AvgIpc) is 3.09. The Labute approximate surface area is 144 Å². The number of hydrogen-bond acceptors (Lipinski definition) is 4. The number of rotatable bonds is 6. The fourth-order valence-electron chi connectivity index (χ4n) is 2.41. The molecule has 1 aromatic heterocycles. The Morgan fingerprint density at radius 3 is 2.50 bits per heavy atom. The topological polar surface area (TPSA) is 62.2 Å². The molecule has 5 heteroatoms. The van der Waals surface area contributed by atoms with E-state index in [0.29, 0.717) is 11.4 Å². The Balaban J connectivity index is 1.61. The number of carbonyl (C=O) groups excluding carboxylic acids is 1. The smallest absolute Gasteiger partial charge is 0.263 e. The van der Waals surface area contributed by atoms with Crippen molar-refractivity contribution in [3.8, 4) is 0 Å². The van der Waals surface area contributed by atoms with Crippen molar-refractivity contribution in [1.29, 1.82) is 0 Å². The van der Waals surface area contributed by atoms with Crippen LogP contribution in [0.2, 0.25) is 0 Å². The summed E-state index contributed by atoms with van der Waals surface area (Å²) in [6.45, 7) is 0.356. The number of benzene rings is 2. The molecule has 0 aliphatic rings. The number of amides is 1. The first-order chi connectivity index (χ1) is 11.8. The van der Waals surface area contributed by atoms with Crippen molar-refractivity contribution in [2.24, 2.45) is 0 Å². The molecule has 0 saturated carbocycles. The van der Waals surface area contributed by atoms with E-state index < -0.39 is 0 Å². The number of aromatic nitrogens is 1. The number of aliphatic hydroxyl groups is 1. The van der Waals surface area contributed by atoms with Crippen molar-refractivity contribution in [3.63, 3.8) is 0 Å². The first-order valence-corrected chi connectivity index (χ1v) is 8.52. The maximum atomic E-state index is 12.3. The van der Waals surface area contributed by atoms with Gasteiger partial charge in [0.05, 0.1) is 17.8 Å². The van der Waals surface area contributed by atoms with Gasteiger partial charge in [-0.1, -0.05) is 54.6 Å². The lowest BCUT2D eigenvalue weighted by atomic mass is 10.1. The molecule has 0 fully saturated rings. The lowest BCUT2D eigenvalue weighted by Crippen LogP contribution is -2.22. The van der Waals surface area contributed by atoms with Gasteiger partial charge < -0.3 is 10.4 Å². The second kappa shape index (κ2) is 7.86. The minimum absolute atomic E-state index is 0.0339. The molecule has 0 bridgehead atoms. The third-order valence-corrected chi connectivity index (χ3v) is 4.70. The fraction of sp³-hybridized carbons (Fsp3) is 0.158. The molecule has 0 aliphatic carbocycles. The summed E-state index contributed by atoms with van der Waals surface area (Å²) in [5.74, 6) is -0.139.